The number of piperazine rings is 1. The van der Waals surface area contributed by atoms with Crippen LogP contribution in [0.2, 0.25) is 0 Å². The van der Waals surface area contributed by atoms with Gasteiger partial charge in [0.2, 0.25) is 0 Å². The van der Waals surface area contributed by atoms with Gasteiger partial charge in [-0.3, -0.25) is 4.98 Å². The molecule has 0 aliphatic carbocycles. The van der Waals surface area contributed by atoms with Gasteiger partial charge in [-0.05, 0) is 46.8 Å². The molecule has 2 aromatic heterocycles. The second-order valence-electron chi connectivity index (χ2n) is 8.03. The zero-order valence-corrected chi connectivity index (χ0v) is 17.8. The van der Waals surface area contributed by atoms with Gasteiger partial charge in [-0.1, -0.05) is 12.1 Å². The van der Waals surface area contributed by atoms with Gasteiger partial charge in [-0.2, -0.15) is 0 Å². The summed E-state index contributed by atoms with van der Waals surface area (Å²) in [7, 11) is 0. The van der Waals surface area contributed by atoms with Gasteiger partial charge in [0, 0.05) is 43.5 Å². The molecule has 1 amide bonds. The lowest BCUT2D eigenvalue weighted by Gasteiger charge is -2.37. The summed E-state index contributed by atoms with van der Waals surface area (Å²) in [6.07, 6.45) is 5.17. The van der Waals surface area contributed by atoms with E-state index in [1.165, 1.54) is 0 Å². The van der Waals surface area contributed by atoms with Crippen LogP contribution in [0.4, 0.5) is 10.6 Å². The first-order chi connectivity index (χ1) is 13.8. The molecule has 7 heteroatoms. The Balaban J connectivity index is 1.83. The highest BCUT2D eigenvalue weighted by Gasteiger charge is 2.28. The number of allylic oxidation sites excluding steroid dienone is 1. The number of hydrogen-bond acceptors (Lipinski definition) is 6. The maximum Gasteiger partial charge on any atom is 0.410 e. The van der Waals surface area contributed by atoms with Crippen LogP contribution >= 0.6 is 0 Å². The Labute approximate surface area is 172 Å². The summed E-state index contributed by atoms with van der Waals surface area (Å²) in [5, 5.41) is 0. The predicted molar refractivity (Wildman–Crippen MR) is 114 cm³/mol. The summed E-state index contributed by atoms with van der Waals surface area (Å²) in [6, 6.07) is 5.87. The molecule has 154 valence electrons. The highest BCUT2D eigenvalue weighted by molar-refractivity contribution is 5.84. The van der Waals surface area contributed by atoms with Crippen molar-refractivity contribution in [2.24, 2.45) is 0 Å². The van der Waals surface area contributed by atoms with Crippen molar-refractivity contribution in [2.75, 3.05) is 31.1 Å². The van der Waals surface area contributed by atoms with Crippen molar-refractivity contribution < 1.29 is 9.53 Å². The molecule has 0 spiro atoms. The van der Waals surface area contributed by atoms with Gasteiger partial charge >= 0.3 is 6.09 Å². The molecule has 1 aliphatic rings. The lowest BCUT2D eigenvalue weighted by atomic mass is 10.00. The van der Waals surface area contributed by atoms with E-state index in [0.717, 1.165) is 28.3 Å². The Morgan fingerprint density at radius 1 is 1.10 bits per heavy atom. The number of carbonyl (C=O) groups is 1. The predicted octanol–water partition coefficient (Wildman–Crippen LogP) is 3.69. The summed E-state index contributed by atoms with van der Waals surface area (Å²) in [6.45, 7) is 12.2. The second kappa shape index (κ2) is 8.59. The number of amides is 1. The lowest BCUT2D eigenvalue weighted by Crippen LogP contribution is -2.50. The number of carbonyl (C=O) groups excluding carboxylic acids is 1. The van der Waals surface area contributed by atoms with Crippen molar-refractivity contribution in [3.05, 3.63) is 53.8 Å². The summed E-state index contributed by atoms with van der Waals surface area (Å²) >= 11 is 0. The molecule has 1 saturated heterocycles. The third-order valence-electron chi connectivity index (χ3n) is 4.75. The average molecular weight is 396 g/mol. The summed E-state index contributed by atoms with van der Waals surface area (Å²) in [5.41, 5.74) is 3.30. The van der Waals surface area contributed by atoms with E-state index in [4.69, 9.17) is 4.74 Å². The molecular formula is C22H29N5O2. The Hall–Kier alpha value is -2.96. The zero-order valence-electron chi connectivity index (χ0n) is 17.8. The number of aromatic nitrogens is 3. The van der Waals surface area contributed by atoms with Gasteiger partial charge in [-0.25, -0.2) is 14.8 Å². The fourth-order valence-electron chi connectivity index (χ4n) is 3.39. The molecule has 0 N–H and O–H groups in total. The van der Waals surface area contributed by atoms with Gasteiger partial charge < -0.3 is 14.5 Å². The highest BCUT2D eigenvalue weighted by Crippen LogP contribution is 2.31. The number of pyridine rings is 1. The van der Waals surface area contributed by atoms with Crippen molar-refractivity contribution in [2.45, 2.75) is 40.2 Å². The second-order valence-corrected chi connectivity index (χ2v) is 8.03. The molecule has 1 fully saturated rings. The monoisotopic (exact) mass is 395 g/mol. The van der Waals surface area contributed by atoms with E-state index >= 15 is 0 Å². The van der Waals surface area contributed by atoms with E-state index in [9.17, 15) is 4.79 Å². The van der Waals surface area contributed by atoms with Gasteiger partial charge in [0.1, 0.15) is 17.7 Å². The van der Waals surface area contributed by atoms with Crippen molar-refractivity contribution >= 4 is 17.5 Å². The minimum Gasteiger partial charge on any atom is -0.444 e. The molecule has 0 unspecified atom stereocenters. The summed E-state index contributed by atoms with van der Waals surface area (Å²) in [4.78, 5) is 29.9. The molecule has 29 heavy (non-hydrogen) atoms. The number of rotatable bonds is 3. The lowest BCUT2D eigenvalue weighted by molar-refractivity contribution is 0.0240. The Morgan fingerprint density at radius 3 is 2.41 bits per heavy atom. The Bertz CT molecular complexity index is 882. The molecule has 7 nitrogen and oxygen atoms in total. The van der Waals surface area contributed by atoms with E-state index in [0.29, 0.717) is 26.2 Å². The molecule has 3 rings (SSSR count). The van der Waals surface area contributed by atoms with E-state index in [2.05, 4.69) is 25.9 Å². The quantitative estimate of drug-likeness (QED) is 0.789. The van der Waals surface area contributed by atoms with Gasteiger partial charge in [0.15, 0.2) is 0 Å². The number of hydrogen-bond donors (Lipinski definition) is 0. The van der Waals surface area contributed by atoms with E-state index in [-0.39, 0.29) is 6.09 Å². The molecule has 0 aromatic carbocycles. The molecule has 1 aliphatic heterocycles. The minimum atomic E-state index is -0.491. The number of ether oxygens (including phenoxy) is 1. The first-order valence-corrected chi connectivity index (χ1v) is 9.92. The smallest absolute Gasteiger partial charge is 0.410 e. The summed E-state index contributed by atoms with van der Waals surface area (Å²) in [5.74, 6) is 0.875. The average Bonchev–Trinajstić information content (AvgIpc) is 2.69. The van der Waals surface area contributed by atoms with Crippen molar-refractivity contribution in [3.8, 4) is 0 Å². The summed E-state index contributed by atoms with van der Waals surface area (Å²) < 4.78 is 5.50. The third-order valence-corrected chi connectivity index (χ3v) is 4.75. The van der Waals surface area contributed by atoms with Crippen LogP contribution in [0.5, 0.6) is 0 Å². The van der Waals surface area contributed by atoms with Crippen LogP contribution in [0.3, 0.4) is 0 Å². The topological polar surface area (TPSA) is 71.5 Å². The van der Waals surface area contributed by atoms with Gasteiger partial charge in [0.25, 0.3) is 0 Å². The van der Waals surface area contributed by atoms with E-state index < -0.39 is 5.60 Å². The number of anilines is 1. The van der Waals surface area contributed by atoms with E-state index in [1.54, 1.807) is 17.4 Å². The largest absolute Gasteiger partial charge is 0.444 e. The molecule has 0 saturated carbocycles. The highest BCUT2D eigenvalue weighted by atomic mass is 16.6. The standard InChI is InChI=1S/C22H29N5O2/c1-6-17(18-9-7-8-10-23-18)19-16(2)24-15-25-20(19)26-11-13-27(14-12-26)21(28)29-22(3,4)5/h6-10,15H,11-14H2,1-5H3/b17-6-. The normalized spacial score (nSPS) is 15.4. The maximum absolute atomic E-state index is 12.4. The van der Waals surface area contributed by atoms with Crippen LogP contribution in [-0.4, -0.2) is 57.7 Å². The number of aryl methyl sites for hydroxylation is 1. The maximum atomic E-state index is 12.4. The van der Waals surface area contributed by atoms with Gasteiger partial charge in [0.05, 0.1) is 11.4 Å². The molecule has 2 aromatic rings. The first-order valence-electron chi connectivity index (χ1n) is 9.92. The van der Waals surface area contributed by atoms with E-state index in [1.807, 2.05) is 52.8 Å². The number of nitrogens with zero attached hydrogens (tertiary/aromatic N) is 5. The third kappa shape index (κ3) is 4.91. The van der Waals surface area contributed by atoms with Crippen LogP contribution in [-0.2, 0) is 4.74 Å². The molecule has 3 heterocycles. The molecule has 0 bridgehead atoms. The first kappa shape index (κ1) is 20.8. The molecule has 0 radical (unpaired) electrons. The van der Waals surface area contributed by atoms with Crippen molar-refractivity contribution in [1.29, 1.82) is 0 Å². The van der Waals surface area contributed by atoms with Crippen LogP contribution in [0.15, 0.2) is 36.8 Å². The van der Waals surface area contributed by atoms with Crippen LogP contribution in [0, 0.1) is 6.92 Å². The zero-order chi connectivity index (χ0) is 21.0. The Kier molecular flexibility index (Phi) is 6.15. The van der Waals surface area contributed by atoms with Crippen LogP contribution in [0.25, 0.3) is 5.57 Å². The SMILES string of the molecule is C/C=C(/c1ccccn1)c1c(C)ncnc1N1CCN(C(=O)OC(C)(C)C)CC1. The van der Waals surface area contributed by atoms with Crippen LogP contribution < -0.4 is 4.90 Å². The van der Waals surface area contributed by atoms with Gasteiger partial charge in [-0.15, -0.1) is 0 Å². The Morgan fingerprint density at radius 2 is 1.83 bits per heavy atom. The fraction of sp³-hybridized carbons (Fsp3) is 0.455. The fourth-order valence-corrected chi connectivity index (χ4v) is 3.39. The van der Waals surface area contributed by atoms with Crippen LogP contribution in [0.1, 0.15) is 44.6 Å². The van der Waals surface area contributed by atoms with Crippen molar-refractivity contribution in [3.63, 3.8) is 0 Å². The van der Waals surface area contributed by atoms with Crippen molar-refractivity contribution in [1.82, 2.24) is 19.9 Å². The molecular weight excluding hydrogens is 366 g/mol. The minimum absolute atomic E-state index is 0.265. The molecule has 0 atom stereocenters.